The van der Waals surface area contributed by atoms with Crippen molar-refractivity contribution in [3.8, 4) is 11.3 Å². The van der Waals surface area contributed by atoms with Gasteiger partial charge in [-0.1, -0.05) is 29.8 Å². The molecule has 1 aromatic heterocycles. The van der Waals surface area contributed by atoms with E-state index in [2.05, 4.69) is 9.72 Å². The van der Waals surface area contributed by atoms with Gasteiger partial charge in [0.15, 0.2) is 0 Å². The van der Waals surface area contributed by atoms with Crippen LogP contribution < -0.4 is 0 Å². The van der Waals surface area contributed by atoms with Gasteiger partial charge in [0, 0.05) is 5.69 Å². The predicted molar refractivity (Wildman–Crippen MR) is 62.3 cm³/mol. The van der Waals surface area contributed by atoms with Crippen LogP contribution in [0.1, 0.15) is 16.1 Å². The first-order valence-corrected chi connectivity index (χ1v) is 5.05. The molecular formula is C13H13NO2. The summed E-state index contributed by atoms with van der Waals surface area (Å²) in [6, 6.07) is 11.7. The molecule has 0 aliphatic heterocycles. The van der Waals surface area contributed by atoms with E-state index in [1.165, 1.54) is 12.7 Å². The number of H-pyrrole nitrogens is 1. The Bertz CT molecular complexity index is 497. The summed E-state index contributed by atoms with van der Waals surface area (Å²) in [5.41, 5.74) is 3.66. The fraction of sp³-hybridized carbons (Fsp3) is 0.154. The molecule has 1 N–H and O–H groups in total. The molecule has 16 heavy (non-hydrogen) atoms. The second kappa shape index (κ2) is 4.23. The molecule has 0 fully saturated rings. The Labute approximate surface area is 94.1 Å². The summed E-state index contributed by atoms with van der Waals surface area (Å²) in [5, 5.41) is 0. The van der Waals surface area contributed by atoms with Crippen LogP contribution in [0.5, 0.6) is 0 Å². The van der Waals surface area contributed by atoms with E-state index in [9.17, 15) is 4.79 Å². The maximum atomic E-state index is 11.3. The van der Waals surface area contributed by atoms with Crippen molar-refractivity contribution in [2.45, 2.75) is 6.92 Å². The van der Waals surface area contributed by atoms with Crippen LogP contribution in [0.2, 0.25) is 0 Å². The van der Waals surface area contributed by atoms with Crippen LogP contribution in [-0.2, 0) is 4.74 Å². The Balaban J connectivity index is 2.31. The molecule has 82 valence electrons. The van der Waals surface area contributed by atoms with E-state index in [-0.39, 0.29) is 5.97 Å². The molecular weight excluding hydrogens is 202 g/mol. The SMILES string of the molecule is COC(=O)c1ccc(-c2ccc(C)cc2)[nH]1. The second-order valence-electron chi connectivity index (χ2n) is 3.64. The summed E-state index contributed by atoms with van der Waals surface area (Å²) in [5.74, 6) is -0.349. The average molecular weight is 215 g/mol. The Morgan fingerprint density at radius 2 is 1.81 bits per heavy atom. The second-order valence-corrected chi connectivity index (χ2v) is 3.64. The number of ether oxygens (including phenoxy) is 1. The minimum Gasteiger partial charge on any atom is -0.464 e. The predicted octanol–water partition coefficient (Wildman–Crippen LogP) is 2.78. The summed E-state index contributed by atoms with van der Waals surface area (Å²) in [6.45, 7) is 2.04. The van der Waals surface area contributed by atoms with Gasteiger partial charge in [-0.3, -0.25) is 0 Å². The number of hydrogen-bond acceptors (Lipinski definition) is 2. The van der Waals surface area contributed by atoms with E-state index in [1.807, 2.05) is 37.3 Å². The number of nitrogens with one attached hydrogen (secondary N) is 1. The molecule has 0 spiro atoms. The van der Waals surface area contributed by atoms with Gasteiger partial charge in [0.2, 0.25) is 0 Å². The summed E-state index contributed by atoms with van der Waals surface area (Å²) >= 11 is 0. The number of aromatic nitrogens is 1. The zero-order chi connectivity index (χ0) is 11.5. The molecule has 0 aliphatic rings. The number of rotatable bonds is 2. The quantitative estimate of drug-likeness (QED) is 0.783. The van der Waals surface area contributed by atoms with Crippen molar-refractivity contribution >= 4 is 5.97 Å². The third-order valence-electron chi connectivity index (χ3n) is 2.45. The number of benzene rings is 1. The lowest BCUT2D eigenvalue weighted by Crippen LogP contribution is -2.00. The van der Waals surface area contributed by atoms with Crippen molar-refractivity contribution in [3.05, 3.63) is 47.7 Å². The number of carbonyl (C=O) groups excluding carboxylic acids is 1. The summed E-state index contributed by atoms with van der Waals surface area (Å²) in [4.78, 5) is 14.3. The molecule has 1 aromatic carbocycles. The fourth-order valence-corrected chi connectivity index (χ4v) is 1.53. The van der Waals surface area contributed by atoms with Crippen LogP contribution in [0.3, 0.4) is 0 Å². The van der Waals surface area contributed by atoms with E-state index in [1.54, 1.807) is 6.07 Å². The lowest BCUT2D eigenvalue weighted by Gasteiger charge is -1.99. The van der Waals surface area contributed by atoms with Gasteiger partial charge < -0.3 is 9.72 Å². The Morgan fingerprint density at radius 1 is 1.12 bits per heavy atom. The molecule has 3 heteroatoms. The van der Waals surface area contributed by atoms with Crippen LogP contribution in [0.15, 0.2) is 36.4 Å². The van der Waals surface area contributed by atoms with Crippen LogP contribution in [0, 0.1) is 6.92 Å². The molecule has 0 aliphatic carbocycles. The van der Waals surface area contributed by atoms with E-state index >= 15 is 0 Å². The lowest BCUT2D eigenvalue weighted by molar-refractivity contribution is 0.0595. The molecule has 0 radical (unpaired) electrons. The van der Waals surface area contributed by atoms with Gasteiger partial charge in [0.25, 0.3) is 0 Å². The third-order valence-corrected chi connectivity index (χ3v) is 2.45. The number of carbonyl (C=O) groups is 1. The molecule has 0 saturated heterocycles. The van der Waals surface area contributed by atoms with Crippen LogP contribution in [-0.4, -0.2) is 18.1 Å². The van der Waals surface area contributed by atoms with Gasteiger partial charge in [0.05, 0.1) is 7.11 Å². The minimum absolute atomic E-state index is 0.349. The number of aromatic amines is 1. The zero-order valence-electron chi connectivity index (χ0n) is 9.28. The van der Waals surface area contributed by atoms with Gasteiger partial charge in [-0.05, 0) is 24.6 Å². The normalized spacial score (nSPS) is 10.1. The monoisotopic (exact) mass is 215 g/mol. The summed E-state index contributed by atoms with van der Waals surface area (Å²) < 4.78 is 4.63. The average Bonchev–Trinajstić information content (AvgIpc) is 2.78. The lowest BCUT2D eigenvalue weighted by atomic mass is 10.1. The highest BCUT2D eigenvalue weighted by Crippen LogP contribution is 2.19. The van der Waals surface area contributed by atoms with Crippen molar-refractivity contribution in [3.63, 3.8) is 0 Å². The summed E-state index contributed by atoms with van der Waals surface area (Å²) in [6.07, 6.45) is 0. The highest BCUT2D eigenvalue weighted by atomic mass is 16.5. The number of methoxy groups -OCH3 is 1. The van der Waals surface area contributed by atoms with Crippen molar-refractivity contribution < 1.29 is 9.53 Å². The van der Waals surface area contributed by atoms with Crippen LogP contribution in [0.25, 0.3) is 11.3 Å². The molecule has 3 nitrogen and oxygen atoms in total. The smallest absolute Gasteiger partial charge is 0.354 e. The van der Waals surface area contributed by atoms with Gasteiger partial charge in [-0.2, -0.15) is 0 Å². The fourth-order valence-electron chi connectivity index (χ4n) is 1.53. The Kier molecular flexibility index (Phi) is 2.77. The molecule has 0 saturated carbocycles. The van der Waals surface area contributed by atoms with E-state index < -0.39 is 0 Å². The van der Waals surface area contributed by atoms with E-state index in [0.29, 0.717) is 5.69 Å². The first kappa shape index (κ1) is 10.5. The molecule has 0 amide bonds. The molecule has 2 rings (SSSR count). The Hall–Kier alpha value is -2.03. The van der Waals surface area contributed by atoms with Gasteiger partial charge in [0.1, 0.15) is 5.69 Å². The van der Waals surface area contributed by atoms with E-state index in [4.69, 9.17) is 0 Å². The van der Waals surface area contributed by atoms with Gasteiger partial charge >= 0.3 is 5.97 Å². The van der Waals surface area contributed by atoms with Crippen molar-refractivity contribution in [2.75, 3.05) is 7.11 Å². The zero-order valence-corrected chi connectivity index (χ0v) is 9.28. The highest BCUT2D eigenvalue weighted by Gasteiger charge is 2.08. The summed E-state index contributed by atoms with van der Waals surface area (Å²) in [7, 11) is 1.37. The van der Waals surface area contributed by atoms with Gasteiger partial charge in [-0.15, -0.1) is 0 Å². The standard InChI is InChI=1S/C13H13NO2/c1-9-3-5-10(6-4-9)11-7-8-12(14-11)13(15)16-2/h3-8,14H,1-2H3. The number of esters is 1. The van der Waals surface area contributed by atoms with Crippen molar-refractivity contribution in [2.24, 2.45) is 0 Å². The minimum atomic E-state index is -0.349. The number of hydrogen-bond donors (Lipinski definition) is 1. The molecule has 2 aromatic rings. The first-order valence-electron chi connectivity index (χ1n) is 5.05. The number of aryl methyl sites for hydroxylation is 1. The van der Waals surface area contributed by atoms with Crippen molar-refractivity contribution in [1.82, 2.24) is 4.98 Å². The van der Waals surface area contributed by atoms with Crippen LogP contribution >= 0.6 is 0 Å². The first-order chi connectivity index (χ1) is 7.70. The Morgan fingerprint density at radius 3 is 2.44 bits per heavy atom. The van der Waals surface area contributed by atoms with Crippen molar-refractivity contribution in [1.29, 1.82) is 0 Å². The largest absolute Gasteiger partial charge is 0.464 e. The molecule has 0 bridgehead atoms. The maximum absolute atomic E-state index is 11.3. The highest BCUT2D eigenvalue weighted by molar-refractivity contribution is 5.88. The topological polar surface area (TPSA) is 42.1 Å². The third kappa shape index (κ3) is 1.98. The molecule has 1 heterocycles. The molecule has 0 unspecified atom stereocenters. The van der Waals surface area contributed by atoms with Gasteiger partial charge in [-0.25, -0.2) is 4.79 Å². The molecule has 0 atom stereocenters. The van der Waals surface area contributed by atoms with E-state index in [0.717, 1.165) is 11.3 Å². The van der Waals surface area contributed by atoms with Crippen LogP contribution in [0.4, 0.5) is 0 Å². The maximum Gasteiger partial charge on any atom is 0.354 e.